The lowest BCUT2D eigenvalue weighted by atomic mass is 9.87. The van der Waals surface area contributed by atoms with Crippen molar-refractivity contribution >= 4 is 29.2 Å². The third kappa shape index (κ3) is 6.24. The molecule has 1 aromatic carbocycles. The molecule has 1 saturated carbocycles. The number of hydrogen-bond acceptors (Lipinski definition) is 5. The second kappa shape index (κ2) is 12.2. The molecular formula is C29H38N4O2S. The van der Waals surface area contributed by atoms with Crippen LogP contribution in [0.5, 0.6) is 0 Å². The van der Waals surface area contributed by atoms with Crippen molar-refractivity contribution in [2.45, 2.75) is 50.9 Å². The van der Waals surface area contributed by atoms with Crippen LogP contribution in [-0.4, -0.2) is 77.3 Å². The first-order valence-corrected chi connectivity index (χ1v) is 14.5. The van der Waals surface area contributed by atoms with Crippen LogP contribution in [0.15, 0.2) is 41.8 Å². The third-order valence-electron chi connectivity index (χ3n) is 7.98. The minimum Gasteiger partial charge on any atom is -0.342 e. The fraction of sp³-hybridized carbons (Fsp3) is 0.552. The second-order valence-corrected chi connectivity index (χ2v) is 11.3. The van der Waals surface area contributed by atoms with Crippen molar-refractivity contribution in [2.75, 3.05) is 45.8 Å². The molecule has 1 aromatic heterocycles. The van der Waals surface area contributed by atoms with Gasteiger partial charge in [-0.3, -0.25) is 14.5 Å². The quantitative estimate of drug-likeness (QED) is 0.559. The van der Waals surface area contributed by atoms with Crippen LogP contribution in [-0.2, 0) is 4.79 Å². The summed E-state index contributed by atoms with van der Waals surface area (Å²) in [5.74, 6) is 1.04. The molecule has 2 saturated heterocycles. The normalized spacial score (nSPS) is 20.8. The molecular weight excluding hydrogens is 468 g/mol. The Morgan fingerprint density at radius 3 is 2.33 bits per heavy atom. The predicted octanol–water partition coefficient (Wildman–Crippen LogP) is 4.90. The van der Waals surface area contributed by atoms with Crippen molar-refractivity contribution < 1.29 is 9.59 Å². The third-order valence-corrected chi connectivity index (χ3v) is 8.99. The van der Waals surface area contributed by atoms with Gasteiger partial charge in [-0.25, -0.2) is 4.98 Å². The number of carbonyl (C=O) groups excluding carboxylic acids is 2. The molecule has 0 unspecified atom stereocenters. The van der Waals surface area contributed by atoms with E-state index in [0.29, 0.717) is 17.5 Å². The van der Waals surface area contributed by atoms with Gasteiger partial charge in [0.05, 0.1) is 5.01 Å². The van der Waals surface area contributed by atoms with E-state index >= 15 is 0 Å². The maximum atomic E-state index is 13.1. The molecule has 0 N–H and O–H groups in total. The summed E-state index contributed by atoms with van der Waals surface area (Å²) in [6, 6.07) is 10.3. The molecule has 2 amide bonds. The molecule has 36 heavy (non-hydrogen) atoms. The molecule has 6 nitrogen and oxygen atoms in total. The monoisotopic (exact) mass is 506 g/mol. The summed E-state index contributed by atoms with van der Waals surface area (Å²) in [5.41, 5.74) is 1.81. The Labute approximate surface area is 219 Å². The minimum atomic E-state index is 0.0573. The molecule has 0 radical (unpaired) electrons. The maximum absolute atomic E-state index is 13.1. The first-order valence-electron chi connectivity index (χ1n) is 13.6. The summed E-state index contributed by atoms with van der Waals surface area (Å²) in [4.78, 5) is 37.2. The highest BCUT2D eigenvalue weighted by molar-refractivity contribution is 7.09. The molecule has 0 atom stereocenters. The number of benzene rings is 1. The van der Waals surface area contributed by atoms with Gasteiger partial charge in [0, 0.05) is 63.0 Å². The summed E-state index contributed by atoms with van der Waals surface area (Å²) in [5, 5.41) is 3.00. The Morgan fingerprint density at radius 2 is 1.61 bits per heavy atom. The predicted molar refractivity (Wildman–Crippen MR) is 145 cm³/mol. The van der Waals surface area contributed by atoms with E-state index in [0.717, 1.165) is 76.5 Å². The number of likely N-dealkylation sites (tertiary alicyclic amines) is 1. The van der Waals surface area contributed by atoms with Crippen molar-refractivity contribution in [3.63, 3.8) is 0 Å². The summed E-state index contributed by atoms with van der Waals surface area (Å²) in [7, 11) is 0. The lowest BCUT2D eigenvalue weighted by molar-refractivity contribution is -0.137. The molecule has 7 heteroatoms. The van der Waals surface area contributed by atoms with E-state index in [4.69, 9.17) is 4.98 Å². The zero-order chi connectivity index (χ0) is 24.7. The first kappa shape index (κ1) is 25.2. The van der Waals surface area contributed by atoms with E-state index in [1.807, 2.05) is 16.3 Å². The van der Waals surface area contributed by atoms with Gasteiger partial charge in [-0.1, -0.05) is 61.7 Å². The highest BCUT2D eigenvalue weighted by Crippen LogP contribution is 2.33. The summed E-state index contributed by atoms with van der Waals surface area (Å²) < 4.78 is 0. The van der Waals surface area contributed by atoms with Crippen molar-refractivity contribution in [1.29, 1.82) is 0 Å². The van der Waals surface area contributed by atoms with Crippen molar-refractivity contribution in [2.24, 2.45) is 5.92 Å². The van der Waals surface area contributed by atoms with E-state index in [2.05, 4.69) is 46.2 Å². The summed E-state index contributed by atoms with van der Waals surface area (Å²) in [6.45, 7) is 5.80. The smallest absolute Gasteiger partial charge is 0.273 e. The number of amides is 2. The molecule has 3 heterocycles. The molecule has 0 spiro atoms. The summed E-state index contributed by atoms with van der Waals surface area (Å²) >= 11 is 1.61. The van der Waals surface area contributed by atoms with E-state index in [-0.39, 0.29) is 11.8 Å². The van der Waals surface area contributed by atoms with Gasteiger partial charge in [0.15, 0.2) is 0 Å². The Hall–Kier alpha value is -2.51. The number of thiazole rings is 1. The van der Waals surface area contributed by atoms with Crippen LogP contribution in [0.1, 0.15) is 71.9 Å². The van der Waals surface area contributed by atoms with Crippen molar-refractivity contribution in [3.8, 4) is 0 Å². The standard InChI is InChI=1S/C29H38N4O2S/c34-28(25-11-5-2-6-12-25)32-16-13-24(14-17-32)27-30-26(22-36-27)29(35)33-20-18-31(19-21-33)15-7-10-23-8-3-1-4-9-23/h1,3-4,7-10,22,24-25H,2,5-6,11-21H2. The summed E-state index contributed by atoms with van der Waals surface area (Å²) in [6.07, 6.45) is 12.1. The van der Waals surface area contributed by atoms with Crippen LogP contribution in [0, 0.1) is 5.92 Å². The van der Waals surface area contributed by atoms with E-state index < -0.39 is 0 Å². The highest BCUT2D eigenvalue weighted by atomic mass is 32.1. The zero-order valence-electron chi connectivity index (χ0n) is 21.2. The molecule has 0 bridgehead atoms. The average molecular weight is 507 g/mol. The molecule has 2 aromatic rings. The number of piperidine rings is 1. The van der Waals surface area contributed by atoms with Crippen LogP contribution in [0.3, 0.4) is 0 Å². The number of aromatic nitrogens is 1. The number of carbonyl (C=O) groups is 2. The van der Waals surface area contributed by atoms with Crippen LogP contribution in [0.2, 0.25) is 0 Å². The Morgan fingerprint density at radius 1 is 0.889 bits per heavy atom. The minimum absolute atomic E-state index is 0.0573. The molecule has 3 fully saturated rings. The van der Waals surface area contributed by atoms with Gasteiger partial charge in [-0.05, 0) is 31.2 Å². The van der Waals surface area contributed by atoms with Gasteiger partial charge in [-0.15, -0.1) is 11.3 Å². The fourth-order valence-electron chi connectivity index (χ4n) is 5.73. The van der Waals surface area contributed by atoms with Gasteiger partial charge in [0.25, 0.3) is 5.91 Å². The first-order chi connectivity index (χ1) is 17.7. The van der Waals surface area contributed by atoms with Crippen LogP contribution in [0.4, 0.5) is 0 Å². The molecule has 1 aliphatic carbocycles. The van der Waals surface area contributed by atoms with Gasteiger partial charge in [0.1, 0.15) is 5.69 Å². The number of rotatable bonds is 6. The lowest BCUT2D eigenvalue weighted by Crippen LogP contribution is -2.48. The Kier molecular flexibility index (Phi) is 8.49. The van der Waals surface area contributed by atoms with Crippen LogP contribution in [0.25, 0.3) is 6.08 Å². The largest absolute Gasteiger partial charge is 0.342 e. The highest BCUT2D eigenvalue weighted by Gasteiger charge is 2.31. The van der Waals surface area contributed by atoms with E-state index in [1.165, 1.54) is 24.8 Å². The van der Waals surface area contributed by atoms with Crippen LogP contribution >= 0.6 is 11.3 Å². The van der Waals surface area contributed by atoms with Gasteiger partial charge >= 0.3 is 0 Å². The van der Waals surface area contributed by atoms with Crippen molar-refractivity contribution in [3.05, 3.63) is 58.1 Å². The lowest BCUT2D eigenvalue weighted by Gasteiger charge is -2.34. The van der Waals surface area contributed by atoms with Crippen LogP contribution < -0.4 is 0 Å². The Balaban J connectivity index is 1.07. The number of piperazine rings is 1. The number of hydrogen-bond donors (Lipinski definition) is 0. The van der Waals surface area contributed by atoms with Gasteiger partial charge in [-0.2, -0.15) is 0 Å². The number of nitrogens with zero attached hydrogens (tertiary/aromatic N) is 4. The van der Waals surface area contributed by atoms with Crippen molar-refractivity contribution in [1.82, 2.24) is 19.7 Å². The van der Waals surface area contributed by atoms with Gasteiger partial charge in [0.2, 0.25) is 5.91 Å². The second-order valence-electron chi connectivity index (χ2n) is 10.4. The van der Waals surface area contributed by atoms with E-state index in [1.54, 1.807) is 11.3 Å². The fourth-order valence-corrected chi connectivity index (χ4v) is 6.69. The zero-order valence-corrected chi connectivity index (χ0v) is 22.0. The maximum Gasteiger partial charge on any atom is 0.273 e. The molecule has 5 rings (SSSR count). The molecule has 2 aliphatic heterocycles. The Bertz CT molecular complexity index is 1030. The average Bonchev–Trinajstić information content (AvgIpc) is 3.44. The van der Waals surface area contributed by atoms with E-state index in [9.17, 15) is 9.59 Å². The van der Waals surface area contributed by atoms with Gasteiger partial charge < -0.3 is 9.80 Å². The molecule has 3 aliphatic rings. The topological polar surface area (TPSA) is 56.8 Å². The SMILES string of the molecule is O=C(c1csc(C2CCN(C(=O)C3CCCCC3)CC2)n1)N1CCN(CC=Cc2ccccc2)CC1. The molecule has 192 valence electrons.